The maximum atomic E-state index is 12.3. The van der Waals surface area contributed by atoms with Gasteiger partial charge in [-0.15, -0.1) is 0 Å². The number of carbonyl (C=O) groups excluding carboxylic acids is 2. The Kier molecular flexibility index (Phi) is 4.40. The van der Waals surface area contributed by atoms with E-state index in [9.17, 15) is 9.59 Å². The quantitative estimate of drug-likeness (QED) is 0.863. The van der Waals surface area contributed by atoms with Gasteiger partial charge in [0.1, 0.15) is 13.2 Å². The predicted molar refractivity (Wildman–Crippen MR) is 79.3 cm³/mol. The van der Waals surface area contributed by atoms with Crippen LogP contribution in [0.4, 0.5) is 0 Å². The number of likely N-dealkylation sites (tertiary alicyclic amines) is 1. The van der Waals surface area contributed by atoms with Crippen molar-refractivity contribution in [3.63, 3.8) is 0 Å². The molecule has 0 aliphatic carbocycles. The molecule has 2 aliphatic heterocycles. The molecule has 2 aliphatic rings. The van der Waals surface area contributed by atoms with Crippen LogP contribution in [-0.2, 0) is 19.1 Å². The fourth-order valence-electron chi connectivity index (χ4n) is 3.28. The number of hydrogen-bond acceptors (Lipinski definition) is 4. The van der Waals surface area contributed by atoms with Crippen LogP contribution < -0.4 is 5.32 Å². The summed E-state index contributed by atoms with van der Waals surface area (Å²) in [7, 11) is 1.51. The maximum absolute atomic E-state index is 12.3. The molecule has 1 aromatic carbocycles. The number of nitrogens with one attached hydrogen (secondary N) is 1. The van der Waals surface area contributed by atoms with E-state index < -0.39 is 0 Å². The van der Waals surface area contributed by atoms with Crippen molar-refractivity contribution < 1.29 is 19.1 Å². The summed E-state index contributed by atoms with van der Waals surface area (Å²) in [6.45, 7) is 1.08. The van der Waals surface area contributed by atoms with Crippen molar-refractivity contribution in [1.29, 1.82) is 0 Å². The zero-order valence-electron chi connectivity index (χ0n) is 12.5. The van der Waals surface area contributed by atoms with Gasteiger partial charge in [-0.3, -0.25) is 9.59 Å². The number of hydrogen-bond donors (Lipinski definition) is 1. The Balaban J connectivity index is 1.88. The highest BCUT2D eigenvalue weighted by molar-refractivity contribution is 5.80. The molecule has 0 aromatic heterocycles. The van der Waals surface area contributed by atoms with E-state index in [1.165, 1.54) is 7.11 Å². The summed E-state index contributed by atoms with van der Waals surface area (Å²) in [4.78, 5) is 25.7. The van der Waals surface area contributed by atoms with E-state index in [2.05, 4.69) is 5.32 Å². The van der Waals surface area contributed by atoms with Crippen LogP contribution in [0.1, 0.15) is 11.5 Å². The molecule has 0 spiro atoms. The minimum Gasteiger partial charge on any atom is -0.375 e. The van der Waals surface area contributed by atoms with Crippen molar-refractivity contribution >= 4 is 11.8 Å². The molecule has 2 saturated heterocycles. The van der Waals surface area contributed by atoms with Crippen molar-refractivity contribution in [2.24, 2.45) is 0 Å². The van der Waals surface area contributed by atoms with E-state index in [1.54, 1.807) is 4.90 Å². The average Bonchev–Trinajstić information content (AvgIpc) is 2.80. The van der Waals surface area contributed by atoms with Gasteiger partial charge in [-0.25, -0.2) is 0 Å². The lowest BCUT2D eigenvalue weighted by Crippen LogP contribution is -2.46. The molecule has 0 saturated carbocycles. The first-order chi connectivity index (χ1) is 10.7. The summed E-state index contributed by atoms with van der Waals surface area (Å²) >= 11 is 0. The normalized spacial score (nSPS) is 28.0. The third-order valence-electron chi connectivity index (χ3n) is 4.30. The number of ether oxygens (including phenoxy) is 2. The number of amides is 2. The molecular formula is C16H20N2O4. The van der Waals surface area contributed by atoms with Crippen molar-refractivity contribution in [2.45, 2.75) is 18.1 Å². The highest BCUT2D eigenvalue weighted by atomic mass is 16.5. The molecule has 6 heteroatoms. The summed E-state index contributed by atoms with van der Waals surface area (Å²) in [6.07, 6.45) is -0.179. The third kappa shape index (κ3) is 2.84. The average molecular weight is 304 g/mol. The summed E-state index contributed by atoms with van der Waals surface area (Å²) in [5.74, 6) is -0.143. The SMILES string of the molecule is COCC(=O)N1C[C@H](c2ccccc2)[C@H]2OCC(=O)NC[C@H]21. The first kappa shape index (κ1) is 15.0. The molecule has 2 fully saturated rings. The summed E-state index contributed by atoms with van der Waals surface area (Å²) < 4.78 is 10.8. The molecule has 6 nitrogen and oxygen atoms in total. The van der Waals surface area contributed by atoms with Gasteiger partial charge >= 0.3 is 0 Å². The van der Waals surface area contributed by atoms with Crippen molar-refractivity contribution in [2.75, 3.05) is 33.4 Å². The second kappa shape index (κ2) is 6.46. The van der Waals surface area contributed by atoms with Crippen LogP contribution in [0.3, 0.4) is 0 Å². The number of carbonyl (C=O) groups is 2. The van der Waals surface area contributed by atoms with Crippen LogP contribution in [0.5, 0.6) is 0 Å². The van der Waals surface area contributed by atoms with Gasteiger partial charge in [-0.05, 0) is 5.56 Å². The summed E-state index contributed by atoms with van der Waals surface area (Å²) in [5.41, 5.74) is 1.12. The first-order valence-electron chi connectivity index (χ1n) is 7.42. The first-order valence-corrected chi connectivity index (χ1v) is 7.42. The second-order valence-electron chi connectivity index (χ2n) is 5.64. The molecule has 0 radical (unpaired) electrons. The Morgan fingerprint density at radius 1 is 1.41 bits per heavy atom. The Bertz CT molecular complexity index is 548. The fourth-order valence-corrected chi connectivity index (χ4v) is 3.28. The number of nitrogens with zero attached hydrogens (tertiary/aromatic N) is 1. The van der Waals surface area contributed by atoms with Gasteiger partial charge in [0.15, 0.2) is 0 Å². The lowest BCUT2D eigenvalue weighted by Gasteiger charge is -2.26. The smallest absolute Gasteiger partial charge is 0.248 e. The summed E-state index contributed by atoms with van der Waals surface area (Å²) in [6, 6.07) is 9.83. The Morgan fingerprint density at radius 2 is 2.18 bits per heavy atom. The largest absolute Gasteiger partial charge is 0.375 e. The number of benzene rings is 1. The van der Waals surface area contributed by atoms with Gasteiger partial charge in [-0.1, -0.05) is 30.3 Å². The van der Waals surface area contributed by atoms with E-state index in [-0.39, 0.29) is 43.1 Å². The van der Waals surface area contributed by atoms with E-state index in [1.807, 2.05) is 30.3 Å². The Labute approximate surface area is 129 Å². The Morgan fingerprint density at radius 3 is 2.91 bits per heavy atom. The zero-order chi connectivity index (χ0) is 15.5. The topological polar surface area (TPSA) is 67.9 Å². The van der Waals surface area contributed by atoms with Gasteiger partial charge in [-0.2, -0.15) is 0 Å². The predicted octanol–water partition coefficient (Wildman–Crippen LogP) is 0.142. The molecule has 2 amide bonds. The summed E-state index contributed by atoms with van der Waals surface area (Å²) in [5, 5.41) is 2.82. The highest BCUT2D eigenvalue weighted by Gasteiger charge is 2.46. The van der Waals surface area contributed by atoms with Crippen LogP contribution in [-0.4, -0.2) is 62.3 Å². The van der Waals surface area contributed by atoms with E-state index >= 15 is 0 Å². The number of methoxy groups -OCH3 is 1. The molecule has 2 heterocycles. The molecule has 0 bridgehead atoms. The van der Waals surface area contributed by atoms with Gasteiger partial charge in [0.25, 0.3) is 0 Å². The van der Waals surface area contributed by atoms with Gasteiger partial charge in [0.05, 0.1) is 12.1 Å². The lowest BCUT2D eigenvalue weighted by molar-refractivity contribution is -0.136. The van der Waals surface area contributed by atoms with Gasteiger partial charge < -0.3 is 19.7 Å². The minimum atomic E-state index is -0.179. The molecule has 1 N–H and O–H groups in total. The fraction of sp³-hybridized carbons (Fsp3) is 0.500. The number of rotatable bonds is 3. The maximum Gasteiger partial charge on any atom is 0.248 e. The van der Waals surface area contributed by atoms with Crippen molar-refractivity contribution in [3.8, 4) is 0 Å². The van der Waals surface area contributed by atoms with E-state index in [0.717, 1.165) is 5.56 Å². The van der Waals surface area contributed by atoms with Crippen LogP contribution in [0.15, 0.2) is 30.3 Å². The molecule has 118 valence electrons. The van der Waals surface area contributed by atoms with E-state index in [0.29, 0.717) is 13.1 Å². The zero-order valence-corrected chi connectivity index (χ0v) is 12.5. The van der Waals surface area contributed by atoms with Crippen molar-refractivity contribution in [1.82, 2.24) is 10.2 Å². The molecular weight excluding hydrogens is 284 g/mol. The molecule has 1 aromatic rings. The van der Waals surface area contributed by atoms with Crippen LogP contribution in [0.2, 0.25) is 0 Å². The van der Waals surface area contributed by atoms with Crippen LogP contribution >= 0.6 is 0 Å². The van der Waals surface area contributed by atoms with Gasteiger partial charge in [0.2, 0.25) is 11.8 Å². The highest BCUT2D eigenvalue weighted by Crippen LogP contribution is 2.35. The van der Waals surface area contributed by atoms with Crippen LogP contribution in [0.25, 0.3) is 0 Å². The van der Waals surface area contributed by atoms with E-state index in [4.69, 9.17) is 9.47 Å². The second-order valence-corrected chi connectivity index (χ2v) is 5.64. The minimum absolute atomic E-state index is 0.0385. The Hall–Kier alpha value is -1.92. The molecule has 22 heavy (non-hydrogen) atoms. The third-order valence-corrected chi connectivity index (χ3v) is 4.30. The van der Waals surface area contributed by atoms with Crippen molar-refractivity contribution in [3.05, 3.63) is 35.9 Å². The molecule has 3 atom stereocenters. The van der Waals surface area contributed by atoms with Gasteiger partial charge in [0, 0.05) is 26.1 Å². The molecule has 0 unspecified atom stereocenters. The lowest BCUT2D eigenvalue weighted by atomic mass is 9.93. The molecule has 3 rings (SSSR count). The number of fused-ring (bicyclic) bond motifs is 1. The monoisotopic (exact) mass is 304 g/mol. The standard InChI is InChI=1S/C16H20N2O4/c1-21-10-15(20)18-8-12(11-5-3-2-4-6-11)16-13(18)7-17-14(19)9-22-16/h2-6,12-13,16H,7-10H2,1H3,(H,17,19)/t12-,13-,16-/m1/s1. The van der Waals surface area contributed by atoms with Crippen LogP contribution in [0, 0.1) is 0 Å².